The summed E-state index contributed by atoms with van der Waals surface area (Å²) in [5.41, 5.74) is 4.10. The number of carbonyl (C=O) groups is 2. The summed E-state index contributed by atoms with van der Waals surface area (Å²) >= 11 is 0. The average molecular weight is 417 g/mol. The van der Waals surface area contributed by atoms with Crippen LogP contribution in [0.25, 0.3) is 5.57 Å². The molecular formula is C27H32N2O2. The van der Waals surface area contributed by atoms with Crippen molar-refractivity contribution < 1.29 is 9.59 Å². The molecule has 0 unspecified atom stereocenters. The lowest BCUT2D eigenvalue weighted by Gasteiger charge is -2.17. The fraction of sp³-hybridized carbons (Fsp3) is 0.407. The summed E-state index contributed by atoms with van der Waals surface area (Å²) in [5, 5.41) is 3.21. The fourth-order valence-electron chi connectivity index (χ4n) is 4.62. The van der Waals surface area contributed by atoms with E-state index >= 15 is 0 Å². The number of rotatable bonds is 10. The van der Waals surface area contributed by atoms with E-state index in [0.717, 1.165) is 29.8 Å². The van der Waals surface area contributed by atoms with Gasteiger partial charge in [-0.3, -0.25) is 9.59 Å². The van der Waals surface area contributed by atoms with Crippen molar-refractivity contribution in [2.45, 2.75) is 64.7 Å². The molecule has 1 N–H and O–H groups in total. The van der Waals surface area contributed by atoms with Gasteiger partial charge in [-0.1, -0.05) is 88.6 Å². The summed E-state index contributed by atoms with van der Waals surface area (Å²) in [6.45, 7) is 2.94. The number of ketones is 1. The Bertz CT molecular complexity index is 992. The first-order valence-electron chi connectivity index (χ1n) is 11.8. The zero-order valence-corrected chi connectivity index (χ0v) is 18.5. The molecule has 0 atom stereocenters. The third-order valence-corrected chi connectivity index (χ3v) is 6.32. The van der Waals surface area contributed by atoms with Crippen molar-refractivity contribution in [3.63, 3.8) is 0 Å². The molecule has 2 aliphatic heterocycles. The Morgan fingerprint density at radius 1 is 0.742 bits per heavy atom. The number of nitrogens with one attached hydrogen (secondary N) is 1. The first-order valence-corrected chi connectivity index (χ1v) is 11.8. The number of Topliss-reactive ketones (excluding diaryl/α,β-unsaturated/α-hetero) is 1. The van der Waals surface area contributed by atoms with Crippen LogP contribution in [0.1, 0.15) is 80.6 Å². The first-order chi connectivity index (χ1) is 15.2. The summed E-state index contributed by atoms with van der Waals surface area (Å²) in [6.07, 6.45) is 11.3. The van der Waals surface area contributed by atoms with Gasteiger partial charge < -0.3 is 10.2 Å². The maximum atomic E-state index is 13.4. The maximum absolute atomic E-state index is 13.4. The van der Waals surface area contributed by atoms with E-state index in [9.17, 15) is 9.59 Å². The third-order valence-electron chi connectivity index (χ3n) is 6.32. The normalized spacial score (nSPS) is 17.1. The highest BCUT2D eigenvalue weighted by molar-refractivity contribution is 6.39. The quantitative estimate of drug-likeness (QED) is 0.351. The molecule has 2 aliphatic rings. The Balaban J connectivity index is 1.42. The molecule has 0 radical (unpaired) electrons. The van der Waals surface area contributed by atoms with Crippen molar-refractivity contribution in [1.82, 2.24) is 0 Å². The van der Waals surface area contributed by atoms with Crippen molar-refractivity contribution >= 4 is 28.6 Å². The van der Waals surface area contributed by atoms with Crippen molar-refractivity contribution in [1.29, 1.82) is 0 Å². The van der Waals surface area contributed by atoms with Crippen LogP contribution in [0.5, 0.6) is 0 Å². The van der Waals surface area contributed by atoms with Crippen LogP contribution in [0.4, 0.5) is 11.4 Å². The van der Waals surface area contributed by atoms with Gasteiger partial charge in [0.25, 0.3) is 5.91 Å². The summed E-state index contributed by atoms with van der Waals surface area (Å²) in [5.74, 6) is -0.164. The molecule has 0 saturated carbocycles. The van der Waals surface area contributed by atoms with E-state index in [2.05, 4.69) is 12.2 Å². The molecule has 2 aromatic carbocycles. The number of unbranched alkanes of at least 4 members (excludes halogenated alkanes) is 8. The number of hydrogen-bond acceptors (Lipinski definition) is 3. The minimum Gasteiger partial charge on any atom is -0.351 e. The lowest BCUT2D eigenvalue weighted by Crippen LogP contribution is -2.28. The van der Waals surface area contributed by atoms with Gasteiger partial charge in [0.2, 0.25) is 5.78 Å². The molecule has 2 heterocycles. The van der Waals surface area contributed by atoms with Gasteiger partial charge in [-0.05, 0) is 24.6 Å². The van der Waals surface area contributed by atoms with Crippen molar-refractivity contribution in [2.24, 2.45) is 0 Å². The van der Waals surface area contributed by atoms with E-state index in [1.807, 2.05) is 53.4 Å². The molecule has 1 amide bonds. The number of hydrogen-bond donors (Lipinski definition) is 1. The second-order valence-corrected chi connectivity index (χ2v) is 8.55. The number of para-hydroxylation sites is 2. The van der Waals surface area contributed by atoms with Crippen molar-refractivity contribution in [2.75, 3.05) is 16.8 Å². The minimum atomic E-state index is -0.0984. The zero-order valence-electron chi connectivity index (χ0n) is 18.5. The highest BCUT2D eigenvalue weighted by Gasteiger charge is 2.38. The molecule has 162 valence electrons. The van der Waals surface area contributed by atoms with Gasteiger partial charge in [0.15, 0.2) is 0 Å². The van der Waals surface area contributed by atoms with Gasteiger partial charge >= 0.3 is 0 Å². The molecule has 0 aromatic heterocycles. The predicted octanol–water partition coefficient (Wildman–Crippen LogP) is 6.58. The number of fused-ring (bicyclic) bond motifs is 2. The van der Waals surface area contributed by atoms with Crippen LogP contribution in [0.2, 0.25) is 0 Å². The number of allylic oxidation sites excluding steroid dienone is 1. The van der Waals surface area contributed by atoms with E-state index in [0.29, 0.717) is 23.4 Å². The molecular weight excluding hydrogens is 384 g/mol. The van der Waals surface area contributed by atoms with E-state index in [-0.39, 0.29) is 11.7 Å². The van der Waals surface area contributed by atoms with E-state index in [1.165, 1.54) is 44.9 Å². The molecule has 4 rings (SSSR count). The van der Waals surface area contributed by atoms with Gasteiger partial charge in [-0.25, -0.2) is 0 Å². The van der Waals surface area contributed by atoms with Crippen LogP contribution in [-0.2, 0) is 4.79 Å². The van der Waals surface area contributed by atoms with Crippen LogP contribution in [0.3, 0.4) is 0 Å². The summed E-state index contributed by atoms with van der Waals surface area (Å²) < 4.78 is 0. The number of amides is 1. The van der Waals surface area contributed by atoms with Gasteiger partial charge in [0.05, 0.1) is 11.3 Å². The standard InChI is InChI=1S/C27H32N2O2/c1-2-3-4-5-6-7-8-9-14-19-29-23-18-13-11-16-21(23)24(27(29)31)25-26(30)20-15-10-12-17-22(20)28-25/h10-13,15-18,28H,2-9,14,19H2,1H3/b25-24-. The minimum absolute atomic E-state index is 0.0654. The second kappa shape index (κ2) is 9.95. The lowest BCUT2D eigenvalue weighted by molar-refractivity contribution is -0.113. The van der Waals surface area contributed by atoms with Crippen molar-refractivity contribution in [3.05, 3.63) is 65.4 Å². The maximum Gasteiger partial charge on any atom is 0.261 e. The van der Waals surface area contributed by atoms with Gasteiger partial charge in [-0.2, -0.15) is 0 Å². The van der Waals surface area contributed by atoms with Gasteiger partial charge in [0.1, 0.15) is 5.70 Å². The number of carbonyl (C=O) groups excluding carboxylic acids is 2. The summed E-state index contributed by atoms with van der Waals surface area (Å²) in [7, 11) is 0. The van der Waals surface area contributed by atoms with E-state index < -0.39 is 0 Å². The first kappa shape index (κ1) is 21.4. The Hall–Kier alpha value is -2.88. The van der Waals surface area contributed by atoms with Crippen LogP contribution in [-0.4, -0.2) is 18.2 Å². The van der Waals surface area contributed by atoms with Gasteiger partial charge in [0, 0.05) is 23.4 Å². The monoisotopic (exact) mass is 416 g/mol. The smallest absolute Gasteiger partial charge is 0.261 e. The molecule has 0 bridgehead atoms. The molecule has 0 fully saturated rings. The second-order valence-electron chi connectivity index (χ2n) is 8.55. The number of nitrogens with zero attached hydrogens (tertiary/aromatic N) is 1. The van der Waals surface area contributed by atoms with Crippen LogP contribution >= 0.6 is 0 Å². The number of anilines is 2. The topological polar surface area (TPSA) is 49.4 Å². The van der Waals surface area contributed by atoms with Crippen molar-refractivity contribution in [3.8, 4) is 0 Å². The molecule has 31 heavy (non-hydrogen) atoms. The van der Waals surface area contributed by atoms with Crippen LogP contribution in [0, 0.1) is 0 Å². The summed E-state index contributed by atoms with van der Waals surface area (Å²) in [4.78, 5) is 28.2. The predicted molar refractivity (Wildman–Crippen MR) is 127 cm³/mol. The molecule has 4 nitrogen and oxygen atoms in total. The lowest BCUT2D eigenvalue weighted by atomic mass is 10.0. The van der Waals surface area contributed by atoms with E-state index in [4.69, 9.17) is 0 Å². The van der Waals surface area contributed by atoms with Crippen LogP contribution in [0.15, 0.2) is 54.2 Å². The molecule has 2 aromatic rings. The molecule has 4 heteroatoms. The van der Waals surface area contributed by atoms with Crippen LogP contribution < -0.4 is 10.2 Å². The molecule has 0 saturated heterocycles. The van der Waals surface area contributed by atoms with Gasteiger partial charge in [-0.15, -0.1) is 0 Å². The highest BCUT2D eigenvalue weighted by atomic mass is 16.2. The Kier molecular flexibility index (Phi) is 6.86. The SMILES string of the molecule is CCCCCCCCCCCN1C(=O)/C(=C2\Nc3ccccc3C2=O)c2ccccc21. The van der Waals surface area contributed by atoms with E-state index in [1.54, 1.807) is 0 Å². The zero-order chi connectivity index (χ0) is 21.6. The third kappa shape index (κ3) is 4.43. The summed E-state index contributed by atoms with van der Waals surface area (Å²) in [6, 6.07) is 15.3. The molecule has 0 aliphatic carbocycles. The Labute approximate surface area is 185 Å². The Morgan fingerprint density at radius 3 is 2.06 bits per heavy atom. The Morgan fingerprint density at radius 2 is 1.35 bits per heavy atom. The number of benzene rings is 2. The fourth-order valence-corrected chi connectivity index (χ4v) is 4.62. The largest absolute Gasteiger partial charge is 0.351 e. The highest BCUT2D eigenvalue weighted by Crippen LogP contribution is 2.41. The molecule has 0 spiro atoms. The average Bonchev–Trinajstić information content (AvgIpc) is 3.26.